The molecule has 2 atom stereocenters. The van der Waals surface area contributed by atoms with Crippen molar-refractivity contribution < 1.29 is 46.8 Å². The van der Waals surface area contributed by atoms with Crippen molar-refractivity contribution in [1.29, 1.82) is 0 Å². The van der Waals surface area contributed by atoms with Gasteiger partial charge in [0, 0.05) is 26.9 Å². The first kappa shape index (κ1) is 36.8. The van der Waals surface area contributed by atoms with E-state index in [2.05, 4.69) is 0 Å². The third kappa shape index (κ3) is 10.7. The van der Waals surface area contributed by atoms with E-state index in [0.717, 1.165) is 49.2 Å². The summed E-state index contributed by atoms with van der Waals surface area (Å²) < 4.78 is 62.5. The zero-order valence-corrected chi connectivity index (χ0v) is 26.6. The highest BCUT2D eigenvalue weighted by atomic mass is 19.4. The Hall–Kier alpha value is -3.63. The number of hydrogen-bond donors (Lipinski definition) is 0. The second kappa shape index (κ2) is 18.5. The van der Waals surface area contributed by atoms with Gasteiger partial charge in [-0.25, -0.2) is 4.79 Å². The molecule has 0 spiro atoms. The van der Waals surface area contributed by atoms with Gasteiger partial charge in [-0.3, -0.25) is 0 Å². The van der Waals surface area contributed by atoms with E-state index in [9.17, 15) is 27.9 Å². The number of carboxylic acid groups (broad SMARTS) is 1. The molecule has 0 bridgehead atoms. The summed E-state index contributed by atoms with van der Waals surface area (Å²) in [5.41, 5.74) is -0.437. The quantitative estimate of drug-likeness (QED) is 0.113. The normalized spacial score (nSPS) is 16.9. The first-order valence-corrected chi connectivity index (χ1v) is 15.9. The number of halogens is 3. The molecule has 3 rings (SSSR count). The lowest BCUT2D eigenvalue weighted by Crippen LogP contribution is -2.46. The summed E-state index contributed by atoms with van der Waals surface area (Å²) in [5, 5.41) is 12.6. The summed E-state index contributed by atoms with van der Waals surface area (Å²) in [7, 11) is 1.69. The first-order valence-electron chi connectivity index (χ1n) is 15.9. The Bertz CT molecular complexity index is 1300. The molecule has 0 saturated heterocycles. The highest BCUT2D eigenvalue weighted by Gasteiger charge is 2.43. The lowest BCUT2D eigenvalue weighted by molar-refractivity contribution is -0.311. The van der Waals surface area contributed by atoms with Crippen molar-refractivity contribution >= 4 is 17.5 Å². The maximum atomic E-state index is 13.8. The number of carbonyl (C=O) groups excluding carboxylic acids is 2. The van der Waals surface area contributed by atoms with Gasteiger partial charge in [0.15, 0.2) is 6.10 Å². The lowest BCUT2D eigenvalue weighted by atomic mass is 9.72. The average Bonchev–Trinajstić information content (AvgIpc) is 3.05. The molecule has 0 N–H and O–H groups in total. The summed E-state index contributed by atoms with van der Waals surface area (Å²) in [5.74, 6) is -1.99. The SMILES string of the molecule is CCOCCCCCC(OC(=O)c1ccccc1[C@]1(C(=O)[O-])C=CC(c2ccc(OCCCCCCOC)cc2)=CC1)C(F)(F)F. The predicted molar refractivity (Wildman–Crippen MR) is 167 cm³/mol. The van der Waals surface area contributed by atoms with Crippen LogP contribution in [0.25, 0.3) is 5.57 Å². The second-order valence-electron chi connectivity index (χ2n) is 11.3. The average molecular weight is 646 g/mol. The van der Waals surface area contributed by atoms with Crippen LogP contribution in [0.1, 0.15) is 86.2 Å². The van der Waals surface area contributed by atoms with Gasteiger partial charge in [-0.15, -0.1) is 0 Å². The summed E-state index contributed by atoms with van der Waals surface area (Å²) in [4.78, 5) is 25.8. The molecule has 10 heteroatoms. The largest absolute Gasteiger partial charge is 0.549 e. The van der Waals surface area contributed by atoms with Gasteiger partial charge in [0.25, 0.3) is 0 Å². The van der Waals surface area contributed by atoms with E-state index in [0.29, 0.717) is 32.7 Å². The summed E-state index contributed by atoms with van der Waals surface area (Å²) >= 11 is 0. The fourth-order valence-corrected chi connectivity index (χ4v) is 5.34. The molecule has 2 aromatic carbocycles. The topological polar surface area (TPSA) is 94.1 Å². The number of carboxylic acids is 1. The van der Waals surface area contributed by atoms with Crippen molar-refractivity contribution in [2.45, 2.75) is 82.4 Å². The first-order chi connectivity index (χ1) is 22.1. The van der Waals surface area contributed by atoms with Crippen molar-refractivity contribution in [2.75, 3.05) is 33.5 Å². The molecular weight excluding hydrogens is 601 g/mol. The molecule has 0 amide bonds. The van der Waals surface area contributed by atoms with Gasteiger partial charge in [-0.05, 0) is 86.8 Å². The molecule has 0 heterocycles. The fraction of sp³-hybridized carbons (Fsp3) is 0.500. The van der Waals surface area contributed by atoms with Crippen LogP contribution in [0.4, 0.5) is 13.2 Å². The third-order valence-electron chi connectivity index (χ3n) is 7.96. The molecular formula is C36H44F3O7-. The van der Waals surface area contributed by atoms with E-state index >= 15 is 0 Å². The van der Waals surface area contributed by atoms with Crippen LogP contribution in [0.3, 0.4) is 0 Å². The van der Waals surface area contributed by atoms with Crippen molar-refractivity contribution in [3.63, 3.8) is 0 Å². The van der Waals surface area contributed by atoms with Gasteiger partial charge < -0.3 is 28.8 Å². The molecule has 1 unspecified atom stereocenters. The predicted octanol–water partition coefficient (Wildman–Crippen LogP) is 6.99. The number of aliphatic carboxylic acids is 1. The van der Waals surface area contributed by atoms with Crippen LogP contribution < -0.4 is 9.84 Å². The molecule has 1 aliphatic carbocycles. The molecule has 1 aliphatic rings. The van der Waals surface area contributed by atoms with Gasteiger partial charge in [0.2, 0.25) is 0 Å². The number of alkyl halides is 3. The van der Waals surface area contributed by atoms with E-state index in [4.69, 9.17) is 18.9 Å². The molecule has 252 valence electrons. The number of esters is 1. The molecule has 2 aromatic rings. The van der Waals surface area contributed by atoms with Crippen molar-refractivity contribution in [3.8, 4) is 5.75 Å². The Kier molecular flexibility index (Phi) is 14.8. The Morgan fingerprint density at radius 1 is 0.913 bits per heavy atom. The number of rotatable bonds is 20. The Balaban J connectivity index is 1.69. The summed E-state index contributed by atoms with van der Waals surface area (Å²) in [6.07, 6.45) is 2.57. The molecule has 7 nitrogen and oxygen atoms in total. The van der Waals surface area contributed by atoms with E-state index in [-0.39, 0.29) is 24.0 Å². The van der Waals surface area contributed by atoms with Gasteiger partial charge in [-0.2, -0.15) is 13.2 Å². The number of allylic oxidation sites excluding steroid dienone is 3. The third-order valence-corrected chi connectivity index (χ3v) is 7.96. The highest BCUT2D eigenvalue weighted by molar-refractivity contribution is 5.96. The highest BCUT2D eigenvalue weighted by Crippen LogP contribution is 2.39. The molecule has 0 radical (unpaired) electrons. The second-order valence-corrected chi connectivity index (χ2v) is 11.3. The standard InChI is InChI=1S/C36H45F3O7/c1-3-44-25-11-6-7-15-32(36(37,38)39)46-33(40)30-13-8-9-14-31(30)35(34(41)42)22-20-28(21-23-35)27-16-18-29(19-17-27)45-26-12-5-4-10-24-43-2/h8-9,13-14,16-22,32H,3-7,10-12,15,23-26H2,1-2H3,(H,41,42)/p-1/t32?,35-/m0/s1. The van der Waals surface area contributed by atoms with Crippen molar-refractivity contribution in [1.82, 2.24) is 0 Å². The van der Waals surface area contributed by atoms with Crippen molar-refractivity contribution in [3.05, 3.63) is 83.4 Å². The fourth-order valence-electron chi connectivity index (χ4n) is 5.34. The Morgan fingerprint density at radius 2 is 1.59 bits per heavy atom. The molecule has 0 aromatic heterocycles. The van der Waals surface area contributed by atoms with Gasteiger partial charge in [0.1, 0.15) is 5.75 Å². The maximum Gasteiger partial charge on any atom is 0.425 e. The lowest BCUT2D eigenvalue weighted by Gasteiger charge is -2.35. The number of benzene rings is 2. The monoisotopic (exact) mass is 645 g/mol. The van der Waals surface area contributed by atoms with Crippen LogP contribution in [0.5, 0.6) is 5.75 Å². The minimum Gasteiger partial charge on any atom is -0.549 e. The summed E-state index contributed by atoms with van der Waals surface area (Å²) in [6.45, 7) is 4.17. The van der Waals surface area contributed by atoms with E-state index < -0.39 is 36.1 Å². The van der Waals surface area contributed by atoms with Crippen LogP contribution in [0.15, 0.2) is 66.8 Å². The summed E-state index contributed by atoms with van der Waals surface area (Å²) in [6, 6.07) is 13.1. The Labute approximate surface area is 269 Å². The smallest absolute Gasteiger partial charge is 0.425 e. The minimum absolute atomic E-state index is 0.00940. The molecule has 0 saturated carbocycles. The molecule has 0 aliphatic heterocycles. The van der Waals surface area contributed by atoms with Gasteiger partial charge in [-0.1, -0.05) is 61.4 Å². The zero-order valence-electron chi connectivity index (χ0n) is 26.6. The van der Waals surface area contributed by atoms with E-state index in [1.54, 1.807) is 19.3 Å². The van der Waals surface area contributed by atoms with Crippen LogP contribution in [0, 0.1) is 0 Å². The number of unbranched alkanes of at least 4 members (excludes halogenated alkanes) is 5. The number of hydrogen-bond acceptors (Lipinski definition) is 7. The van der Waals surface area contributed by atoms with Crippen LogP contribution >= 0.6 is 0 Å². The van der Waals surface area contributed by atoms with Crippen LogP contribution in [0.2, 0.25) is 0 Å². The number of carbonyl (C=O) groups is 2. The van der Waals surface area contributed by atoms with Crippen molar-refractivity contribution in [2.24, 2.45) is 0 Å². The molecule has 46 heavy (non-hydrogen) atoms. The number of methoxy groups -OCH3 is 1. The minimum atomic E-state index is -4.77. The van der Waals surface area contributed by atoms with Crippen LogP contribution in [-0.2, 0) is 24.4 Å². The van der Waals surface area contributed by atoms with Gasteiger partial charge >= 0.3 is 12.1 Å². The van der Waals surface area contributed by atoms with E-state index in [1.165, 1.54) is 30.3 Å². The van der Waals surface area contributed by atoms with Crippen LogP contribution in [-0.4, -0.2) is 57.8 Å². The maximum absolute atomic E-state index is 13.8. The van der Waals surface area contributed by atoms with Gasteiger partial charge in [0.05, 0.1) is 23.6 Å². The Morgan fingerprint density at radius 3 is 2.22 bits per heavy atom. The number of ether oxygens (including phenoxy) is 4. The molecule has 0 fully saturated rings. The van der Waals surface area contributed by atoms with E-state index in [1.807, 2.05) is 31.2 Å². The zero-order chi connectivity index (χ0) is 33.4.